The van der Waals surface area contributed by atoms with E-state index in [-0.39, 0.29) is 17.6 Å². The highest BCUT2D eigenvalue weighted by Gasteiger charge is 2.28. The second kappa shape index (κ2) is 10.0. The van der Waals surface area contributed by atoms with Crippen molar-refractivity contribution in [3.63, 3.8) is 0 Å². The molecule has 3 aromatic rings. The van der Waals surface area contributed by atoms with Crippen molar-refractivity contribution in [2.24, 2.45) is 11.8 Å². The largest absolute Gasteiger partial charge is 0.338 e. The number of ketones is 1. The fourth-order valence-electron chi connectivity index (χ4n) is 3.64. The van der Waals surface area contributed by atoms with Gasteiger partial charge in [0.05, 0.1) is 11.4 Å². The summed E-state index contributed by atoms with van der Waals surface area (Å²) in [6.07, 6.45) is 6.23. The summed E-state index contributed by atoms with van der Waals surface area (Å²) in [6.45, 7) is 5.54. The molecular formula is C23H28N4O3. The Morgan fingerprint density at radius 3 is 2.43 bits per heavy atom. The highest BCUT2D eigenvalue weighted by molar-refractivity contribution is 5.94. The number of Topliss-reactive ketones (excluding diaryl/α,β-unsaturated/α-hetero) is 1. The fourth-order valence-corrected chi connectivity index (χ4v) is 3.64. The first-order valence-corrected chi connectivity index (χ1v) is 10.3. The molecule has 1 amide bonds. The molecule has 0 saturated heterocycles. The summed E-state index contributed by atoms with van der Waals surface area (Å²) in [4.78, 5) is 23.0. The number of aromatic nitrogens is 3. The van der Waals surface area contributed by atoms with Crippen LogP contribution in [-0.2, 0) is 4.79 Å². The van der Waals surface area contributed by atoms with Crippen LogP contribution in [0.5, 0.6) is 0 Å². The third-order valence-electron chi connectivity index (χ3n) is 5.43. The van der Waals surface area contributed by atoms with Crippen LogP contribution in [-0.4, -0.2) is 27.0 Å². The number of rotatable bonds is 4. The molecule has 1 aromatic carbocycles. The fraction of sp³-hybridized carbons (Fsp3) is 0.391. The van der Waals surface area contributed by atoms with Crippen LogP contribution in [0.2, 0.25) is 0 Å². The predicted octanol–water partition coefficient (Wildman–Crippen LogP) is 5.03. The lowest BCUT2D eigenvalue weighted by molar-refractivity contribution is -0.122. The first kappa shape index (κ1) is 21.5. The zero-order chi connectivity index (χ0) is 21.5. The first-order chi connectivity index (χ1) is 14.4. The van der Waals surface area contributed by atoms with E-state index in [0.717, 1.165) is 41.8 Å². The summed E-state index contributed by atoms with van der Waals surface area (Å²) in [5.74, 6) is 1.21. The molecule has 1 aliphatic rings. The number of carbonyl (C=O) groups is 2. The summed E-state index contributed by atoms with van der Waals surface area (Å²) >= 11 is 0. The number of hydrogen-bond acceptors (Lipinski definition) is 5. The molecule has 1 fully saturated rings. The smallest absolute Gasteiger partial charge is 0.231 e. The van der Waals surface area contributed by atoms with Crippen molar-refractivity contribution in [3.8, 4) is 11.3 Å². The quantitative estimate of drug-likeness (QED) is 0.590. The van der Waals surface area contributed by atoms with E-state index >= 15 is 0 Å². The zero-order valence-electron chi connectivity index (χ0n) is 17.6. The van der Waals surface area contributed by atoms with Crippen LogP contribution in [0.3, 0.4) is 0 Å². The normalized spacial score (nSPS) is 18.2. The number of aromatic amines is 1. The maximum Gasteiger partial charge on any atom is 0.231 e. The van der Waals surface area contributed by atoms with Crippen LogP contribution in [0.4, 0.5) is 5.88 Å². The number of anilines is 1. The molecule has 2 unspecified atom stereocenters. The summed E-state index contributed by atoms with van der Waals surface area (Å²) in [5, 5.41) is 13.3. The summed E-state index contributed by atoms with van der Waals surface area (Å²) in [6, 6.07) is 11.1. The SMILES string of the molecule is CC(=O)c1ccc(-c2ccn[nH]2)cc1.Cc1cc(NC(=O)C2CCCCC2C)on1. The van der Waals surface area contributed by atoms with E-state index in [1.165, 1.54) is 6.42 Å². The van der Waals surface area contributed by atoms with E-state index in [0.29, 0.717) is 11.8 Å². The Labute approximate surface area is 176 Å². The molecule has 0 bridgehead atoms. The maximum absolute atomic E-state index is 12.0. The summed E-state index contributed by atoms with van der Waals surface area (Å²) < 4.78 is 4.98. The Morgan fingerprint density at radius 1 is 1.13 bits per heavy atom. The van der Waals surface area contributed by atoms with Gasteiger partial charge < -0.3 is 4.52 Å². The standard InChI is InChI=1S/C12H18N2O2.C11H10N2O/c1-8-5-3-4-6-10(8)12(15)13-11-7-9(2)14-16-11;1-8(14)9-2-4-10(5-3-9)11-6-7-12-13-11/h7-8,10H,3-6H2,1-2H3,(H,13,15);2-7H,1H3,(H,12,13). The molecule has 7 nitrogen and oxygen atoms in total. The highest BCUT2D eigenvalue weighted by Crippen LogP contribution is 2.30. The van der Waals surface area contributed by atoms with Crippen LogP contribution in [0, 0.1) is 18.8 Å². The third-order valence-corrected chi connectivity index (χ3v) is 5.43. The van der Waals surface area contributed by atoms with Gasteiger partial charge in [-0.2, -0.15) is 5.10 Å². The lowest BCUT2D eigenvalue weighted by Crippen LogP contribution is -2.30. The third kappa shape index (κ3) is 5.65. The Hall–Kier alpha value is -3.22. The van der Waals surface area contributed by atoms with Gasteiger partial charge in [-0.25, -0.2) is 0 Å². The molecular weight excluding hydrogens is 380 g/mol. The van der Waals surface area contributed by atoms with Crippen LogP contribution in [0.25, 0.3) is 11.3 Å². The Balaban J connectivity index is 0.000000172. The van der Waals surface area contributed by atoms with Gasteiger partial charge in [0.1, 0.15) is 0 Å². The van der Waals surface area contributed by atoms with Crippen molar-refractivity contribution in [3.05, 3.63) is 53.9 Å². The molecule has 4 rings (SSSR count). The molecule has 158 valence electrons. The average molecular weight is 409 g/mol. The molecule has 30 heavy (non-hydrogen) atoms. The van der Waals surface area contributed by atoms with Crippen LogP contribution >= 0.6 is 0 Å². The van der Waals surface area contributed by atoms with E-state index in [1.54, 1.807) is 19.2 Å². The predicted molar refractivity (Wildman–Crippen MR) is 115 cm³/mol. The van der Waals surface area contributed by atoms with E-state index in [9.17, 15) is 9.59 Å². The van der Waals surface area contributed by atoms with Gasteiger partial charge in [-0.1, -0.05) is 49.2 Å². The maximum atomic E-state index is 12.0. The topological polar surface area (TPSA) is 101 Å². The van der Waals surface area contributed by atoms with Gasteiger partial charge in [-0.3, -0.25) is 20.0 Å². The number of aryl methyl sites for hydroxylation is 1. The summed E-state index contributed by atoms with van der Waals surface area (Å²) in [5.41, 5.74) is 3.51. The van der Waals surface area contributed by atoms with Crippen LogP contribution in [0.1, 0.15) is 55.6 Å². The van der Waals surface area contributed by atoms with Crippen molar-refractivity contribution >= 4 is 17.6 Å². The Morgan fingerprint density at radius 2 is 1.87 bits per heavy atom. The zero-order valence-corrected chi connectivity index (χ0v) is 17.6. The van der Waals surface area contributed by atoms with Gasteiger partial charge in [0.25, 0.3) is 0 Å². The second-order valence-electron chi connectivity index (χ2n) is 7.79. The molecule has 2 N–H and O–H groups in total. The van der Waals surface area contributed by atoms with Crippen molar-refractivity contribution in [2.75, 3.05) is 5.32 Å². The minimum atomic E-state index is 0.0725. The van der Waals surface area contributed by atoms with E-state index < -0.39 is 0 Å². The number of benzene rings is 1. The molecule has 0 aliphatic heterocycles. The molecule has 2 aromatic heterocycles. The molecule has 1 aliphatic carbocycles. The lowest BCUT2D eigenvalue weighted by atomic mass is 9.80. The number of carbonyl (C=O) groups excluding carboxylic acids is 2. The Kier molecular flexibility index (Phi) is 7.17. The number of hydrogen-bond donors (Lipinski definition) is 2. The molecule has 0 spiro atoms. The molecule has 2 atom stereocenters. The molecule has 2 heterocycles. The number of nitrogens with one attached hydrogen (secondary N) is 2. The van der Waals surface area contributed by atoms with Gasteiger partial charge in [0.15, 0.2) is 5.78 Å². The highest BCUT2D eigenvalue weighted by atomic mass is 16.5. The minimum Gasteiger partial charge on any atom is -0.338 e. The van der Waals surface area contributed by atoms with Gasteiger partial charge in [-0.05, 0) is 44.2 Å². The molecule has 1 saturated carbocycles. The minimum absolute atomic E-state index is 0.0725. The van der Waals surface area contributed by atoms with Gasteiger partial charge >= 0.3 is 0 Å². The van der Waals surface area contributed by atoms with Crippen molar-refractivity contribution < 1.29 is 14.1 Å². The average Bonchev–Trinajstić information content (AvgIpc) is 3.41. The number of H-pyrrole nitrogens is 1. The van der Waals surface area contributed by atoms with Crippen molar-refractivity contribution in [1.82, 2.24) is 15.4 Å². The van der Waals surface area contributed by atoms with Crippen molar-refractivity contribution in [2.45, 2.75) is 46.5 Å². The Bertz CT molecular complexity index is 961. The number of amides is 1. The van der Waals surface area contributed by atoms with E-state index in [1.807, 2.05) is 37.3 Å². The van der Waals surface area contributed by atoms with E-state index in [4.69, 9.17) is 4.52 Å². The molecule has 0 radical (unpaired) electrons. The first-order valence-electron chi connectivity index (χ1n) is 10.3. The van der Waals surface area contributed by atoms with E-state index in [2.05, 4.69) is 27.6 Å². The molecule has 7 heteroatoms. The lowest BCUT2D eigenvalue weighted by Gasteiger charge is -2.26. The van der Waals surface area contributed by atoms with Crippen LogP contribution in [0.15, 0.2) is 47.1 Å². The summed E-state index contributed by atoms with van der Waals surface area (Å²) in [7, 11) is 0. The van der Waals surface area contributed by atoms with Gasteiger partial charge in [0.2, 0.25) is 11.8 Å². The number of nitrogens with zero attached hydrogens (tertiary/aromatic N) is 2. The monoisotopic (exact) mass is 408 g/mol. The van der Waals surface area contributed by atoms with Crippen molar-refractivity contribution in [1.29, 1.82) is 0 Å². The van der Waals surface area contributed by atoms with Gasteiger partial charge in [0, 0.05) is 23.7 Å². The van der Waals surface area contributed by atoms with Crippen LogP contribution < -0.4 is 5.32 Å². The second-order valence-corrected chi connectivity index (χ2v) is 7.79. The van der Waals surface area contributed by atoms with Gasteiger partial charge in [-0.15, -0.1) is 0 Å².